The molecule has 0 aromatic heterocycles. The molecule has 1 N–H and O–H groups in total. The quantitative estimate of drug-likeness (QED) is 0.206. The van der Waals surface area contributed by atoms with Gasteiger partial charge in [-0.15, -0.1) is 0 Å². The second-order valence-corrected chi connectivity index (χ2v) is 10.8. The van der Waals surface area contributed by atoms with Gasteiger partial charge in [-0.2, -0.15) is 0 Å². The van der Waals surface area contributed by atoms with E-state index in [4.69, 9.17) is 0 Å². The molecule has 0 radical (unpaired) electrons. The van der Waals surface area contributed by atoms with Crippen LogP contribution in [0.4, 0.5) is 17.1 Å². The van der Waals surface area contributed by atoms with Crippen molar-refractivity contribution in [1.82, 2.24) is 0 Å². The average Bonchev–Trinajstić information content (AvgIpc) is 3.05. The lowest BCUT2D eigenvalue weighted by atomic mass is 9.95. The Bertz CT molecular complexity index is 1760. The summed E-state index contributed by atoms with van der Waals surface area (Å²) in [5, 5.41) is 10.9. The Kier molecular flexibility index (Phi) is 7.87. The number of aryl methyl sites for hydroxylation is 2. The van der Waals surface area contributed by atoms with Crippen LogP contribution in [-0.4, -0.2) is 5.11 Å². The van der Waals surface area contributed by atoms with Crippen LogP contribution in [0, 0.1) is 6.92 Å². The van der Waals surface area contributed by atoms with E-state index in [2.05, 4.69) is 133 Å². The molecule has 6 rings (SSSR count). The average molecular weight is 546 g/mol. The van der Waals surface area contributed by atoms with Crippen LogP contribution in [0.3, 0.4) is 0 Å². The molecule has 42 heavy (non-hydrogen) atoms. The number of anilines is 3. The van der Waals surface area contributed by atoms with E-state index in [9.17, 15) is 5.11 Å². The van der Waals surface area contributed by atoms with Gasteiger partial charge in [0, 0.05) is 23.5 Å². The van der Waals surface area contributed by atoms with Crippen LogP contribution in [0.1, 0.15) is 29.2 Å². The minimum atomic E-state index is 0.370. The molecule has 2 nitrogen and oxygen atoms in total. The molecule has 0 spiro atoms. The zero-order valence-electron chi connectivity index (χ0n) is 24.2. The largest absolute Gasteiger partial charge is 0.507 e. The third-order valence-corrected chi connectivity index (χ3v) is 7.91. The van der Waals surface area contributed by atoms with Gasteiger partial charge in [-0.1, -0.05) is 104 Å². The minimum absolute atomic E-state index is 0.370. The number of hydrogen-bond donors (Lipinski definition) is 1. The minimum Gasteiger partial charge on any atom is -0.507 e. The number of rotatable bonds is 8. The first-order chi connectivity index (χ1) is 20.6. The molecule has 0 unspecified atom stereocenters. The lowest BCUT2D eigenvalue weighted by Crippen LogP contribution is -2.10. The van der Waals surface area contributed by atoms with Gasteiger partial charge in [0.05, 0.1) is 0 Å². The molecule has 0 aliphatic rings. The fraction of sp³-hybridized carbons (Fsp3) is 0.100. The summed E-state index contributed by atoms with van der Waals surface area (Å²) in [4.78, 5) is 2.30. The van der Waals surface area contributed by atoms with Gasteiger partial charge in [0.1, 0.15) is 5.75 Å². The molecule has 0 bridgehead atoms. The smallest absolute Gasteiger partial charge is 0.122 e. The van der Waals surface area contributed by atoms with Gasteiger partial charge < -0.3 is 10.0 Å². The van der Waals surface area contributed by atoms with Crippen LogP contribution in [-0.2, 0) is 12.8 Å². The third-order valence-electron chi connectivity index (χ3n) is 7.91. The topological polar surface area (TPSA) is 23.5 Å². The molecule has 0 saturated carbocycles. The molecule has 6 aromatic rings. The van der Waals surface area contributed by atoms with Gasteiger partial charge in [-0.25, -0.2) is 0 Å². The van der Waals surface area contributed by atoms with E-state index in [0.29, 0.717) is 12.2 Å². The standard InChI is InChI=1S/C40H35NO/c1-3-30-14-20-37(21-15-30)41(39-24-18-34(19-25-39)32-10-6-4-7-11-32)38-22-16-31(17-23-38)27-36-28-35(26-29(2)40(36)42)33-12-8-5-9-13-33/h4-26,28,42H,3,27H2,1-2H3. The molecule has 2 heteroatoms. The van der Waals surface area contributed by atoms with Crippen molar-refractivity contribution in [2.24, 2.45) is 0 Å². The van der Waals surface area contributed by atoms with Crippen molar-refractivity contribution >= 4 is 17.1 Å². The zero-order chi connectivity index (χ0) is 28.9. The summed E-state index contributed by atoms with van der Waals surface area (Å²) in [6.07, 6.45) is 1.67. The number of benzene rings is 6. The van der Waals surface area contributed by atoms with Crippen LogP contribution >= 0.6 is 0 Å². The lowest BCUT2D eigenvalue weighted by Gasteiger charge is -2.26. The molecule has 0 aliphatic heterocycles. The Hall–Kier alpha value is -5.08. The van der Waals surface area contributed by atoms with Crippen LogP contribution < -0.4 is 4.90 Å². The van der Waals surface area contributed by atoms with Crippen LogP contribution in [0.25, 0.3) is 22.3 Å². The summed E-state index contributed by atoms with van der Waals surface area (Å²) < 4.78 is 0. The second-order valence-electron chi connectivity index (χ2n) is 10.8. The Labute approximate surface area is 249 Å². The molecule has 0 atom stereocenters. The Morgan fingerprint density at radius 3 is 1.48 bits per heavy atom. The van der Waals surface area contributed by atoms with Gasteiger partial charge in [0.15, 0.2) is 0 Å². The normalized spacial score (nSPS) is 10.9. The van der Waals surface area contributed by atoms with E-state index >= 15 is 0 Å². The predicted molar refractivity (Wildman–Crippen MR) is 177 cm³/mol. The molecule has 0 amide bonds. The fourth-order valence-corrected chi connectivity index (χ4v) is 5.53. The zero-order valence-corrected chi connectivity index (χ0v) is 24.2. The fourth-order valence-electron chi connectivity index (χ4n) is 5.53. The van der Waals surface area contributed by atoms with Gasteiger partial charge in [0.25, 0.3) is 0 Å². The van der Waals surface area contributed by atoms with Gasteiger partial charge in [0.2, 0.25) is 0 Å². The van der Waals surface area contributed by atoms with Crippen molar-refractivity contribution in [3.8, 4) is 28.0 Å². The van der Waals surface area contributed by atoms with E-state index in [1.807, 2.05) is 31.2 Å². The van der Waals surface area contributed by atoms with E-state index < -0.39 is 0 Å². The van der Waals surface area contributed by atoms with E-state index in [1.165, 1.54) is 16.7 Å². The molecule has 0 fully saturated rings. The van der Waals surface area contributed by atoms with Crippen LogP contribution in [0.15, 0.2) is 146 Å². The molecule has 0 saturated heterocycles. The molecular weight excluding hydrogens is 510 g/mol. The number of phenolic OH excluding ortho intramolecular Hbond substituents is 1. The molecule has 0 aliphatic carbocycles. The monoisotopic (exact) mass is 545 g/mol. The predicted octanol–water partition coefficient (Wildman–Crippen LogP) is 10.7. The van der Waals surface area contributed by atoms with Crippen molar-refractivity contribution < 1.29 is 5.11 Å². The highest BCUT2D eigenvalue weighted by molar-refractivity contribution is 5.78. The Morgan fingerprint density at radius 2 is 0.952 bits per heavy atom. The summed E-state index contributed by atoms with van der Waals surface area (Å²) in [6, 6.07) is 51.3. The highest BCUT2D eigenvalue weighted by Crippen LogP contribution is 2.37. The van der Waals surface area contributed by atoms with Crippen molar-refractivity contribution in [2.75, 3.05) is 4.90 Å². The Morgan fingerprint density at radius 1 is 0.500 bits per heavy atom. The van der Waals surface area contributed by atoms with Crippen LogP contribution in [0.5, 0.6) is 5.75 Å². The summed E-state index contributed by atoms with van der Waals surface area (Å²) in [5.41, 5.74) is 12.3. The summed E-state index contributed by atoms with van der Waals surface area (Å²) in [6.45, 7) is 4.15. The maximum atomic E-state index is 10.9. The lowest BCUT2D eigenvalue weighted by molar-refractivity contribution is 0.465. The maximum Gasteiger partial charge on any atom is 0.122 e. The molecule has 206 valence electrons. The first-order valence-electron chi connectivity index (χ1n) is 14.6. The second kappa shape index (κ2) is 12.2. The molecule has 6 aromatic carbocycles. The van der Waals surface area contributed by atoms with Crippen LogP contribution in [0.2, 0.25) is 0 Å². The number of hydrogen-bond acceptors (Lipinski definition) is 2. The van der Waals surface area contributed by atoms with E-state index in [-0.39, 0.29) is 0 Å². The first kappa shape index (κ1) is 27.1. The van der Waals surface area contributed by atoms with Gasteiger partial charge >= 0.3 is 0 Å². The van der Waals surface area contributed by atoms with Gasteiger partial charge in [-0.05, 0) is 106 Å². The number of nitrogens with zero attached hydrogens (tertiary/aromatic N) is 1. The summed E-state index contributed by atoms with van der Waals surface area (Å²) >= 11 is 0. The first-order valence-corrected chi connectivity index (χ1v) is 14.6. The number of phenols is 1. The number of aromatic hydroxyl groups is 1. The molecular formula is C40H35NO. The van der Waals surface area contributed by atoms with E-state index in [0.717, 1.165) is 51.3 Å². The van der Waals surface area contributed by atoms with Crippen molar-refractivity contribution in [1.29, 1.82) is 0 Å². The highest BCUT2D eigenvalue weighted by atomic mass is 16.3. The summed E-state index contributed by atoms with van der Waals surface area (Å²) in [7, 11) is 0. The Balaban J connectivity index is 1.32. The third kappa shape index (κ3) is 5.84. The van der Waals surface area contributed by atoms with Crippen molar-refractivity contribution in [2.45, 2.75) is 26.7 Å². The summed E-state index contributed by atoms with van der Waals surface area (Å²) in [5.74, 6) is 0.370. The van der Waals surface area contributed by atoms with E-state index in [1.54, 1.807) is 0 Å². The molecule has 0 heterocycles. The SMILES string of the molecule is CCc1ccc(N(c2ccc(Cc3cc(-c4ccccc4)cc(C)c3O)cc2)c2ccc(-c3ccccc3)cc2)cc1. The van der Waals surface area contributed by atoms with Gasteiger partial charge in [-0.3, -0.25) is 0 Å². The van der Waals surface area contributed by atoms with Crippen molar-refractivity contribution in [3.63, 3.8) is 0 Å². The highest BCUT2D eigenvalue weighted by Gasteiger charge is 2.14. The maximum absolute atomic E-state index is 10.9. The van der Waals surface area contributed by atoms with Crippen molar-refractivity contribution in [3.05, 3.63) is 168 Å².